The number of urea groups is 1. The third-order valence-corrected chi connectivity index (χ3v) is 3.61. The van der Waals surface area contributed by atoms with Gasteiger partial charge in [-0.15, -0.1) is 0 Å². The van der Waals surface area contributed by atoms with Crippen LogP contribution in [-0.4, -0.2) is 53.7 Å². The molecule has 1 aromatic carbocycles. The minimum absolute atomic E-state index is 0.180. The zero-order valence-corrected chi connectivity index (χ0v) is 13.1. The second kappa shape index (κ2) is 7.10. The number of hydrogen-bond acceptors (Lipinski definition) is 5. The molecule has 124 valence electrons. The van der Waals surface area contributed by atoms with Gasteiger partial charge in [0.25, 0.3) is 5.91 Å². The van der Waals surface area contributed by atoms with Gasteiger partial charge in [-0.1, -0.05) is 30.3 Å². The van der Waals surface area contributed by atoms with Crippen molar-refractivity contribution in [1.82, 2.24) is 15.1 Å². The van der Waals surface area contributed by atoms with Crippen molar-refractivity contribution in [3.05, 3.63) is 35.9 Å². The number of rotatable bonds is 4. The molecule has 2 unspecified atom stereocenters. The summed E-state index contributed by atoms with van der Waals surface area (Å²) >= 11 is 0. The highest BCUT2D eigenvalue weighted by Gasteiger charge is 2.43. The smallest absolute Gasteiger partial charge is 0.410 e. The molecule has 0 spiro atoms. The SMILES string of the molecule is CCOC(=O)N(C)C1C(=O)NC(=O)N(Cc2ccccc2)C1N. The Morgan fingerprint density at radius 1 is 1.35 bits per heavy atom. The van der Waals surface area contributed by atoms with E-state index in [2.05, 4.69) is 5.32 Å². The summed E-state index contributed by atoms with van der Waals surface area (Å²) in [6, 6.07) is 7.64. The van der Waals surface area contributed by atoms with Gasteiger partial charge in [0.05, 0.1) is 6.61 Å². The van der Waals surface area contributed by atoms with Gasteiger partial charge >= 0.3 is 12.1 Å². The first-order valence-corrected chi connectivity index (χ1v) is 7.26. The van der Waals surface area contributed by atoms with Gasteiger partial charge in [0.2, 0.25) is 0 Å². The summed E-state index contributed by atoms with van der Waals surface area (Å²) in [7, 11) is 1.42. The number of amides is 4. The third kappa shape index (κ3) is 3.59. The molecule has 0 bridgehead atoms. The number of nitrogens with zero attached hydrogens (tertiary/aromatic N) is 2. The molecule has 2 atom stereocenters. The Labute approximate surface area is 134 Å². The van der Waals surface area contributed by atoms with Crippen LogP contribution in [0.4, 0.5) is 9.59 Å². The van der Waals surface area contributed by atoms with Crippen LogP contribution < -0.4 is 11.1 Å². The van der Waals surface area contributed by atoms with Crippen molar-refractivity contribution in [3.8, 4) is 0 Å². The topological polar surface area (TPSA) is 105 Å². The Morgan fingerprint density at radius 2 is 2.00 bits per heavy atom. The van der Waals surface area contributed by atoms with E-state index >= 15 is 0 Å². The van der Waals surface area contributed by atoms with E-state index < -0.39 is 30.2 Å². The van der Waals surface area contributed by atoms with Gasteiger partial charge in [0.15, 0.2) is 0 Å². The maximum atomic E-state index is 12.1. The first-order valence-electron chi connectivity index (χ1n) is 7.26. The summed E-state index contributed by atoms with van der Waals surface area (Å²) in [6.45, 7) is 2.07. The normalized spacial score (nSPS) is 20.9. The van der Waals surface area contributed by atoms with Crippen LogP contribution in [0, 0.1) is 0 Å². The van der Waals surface area contributed by atoms with Gasteiger partial charge < -0.3 is 15.4 Å². The Hall–Kier alpha value is -2.61. The maximum absolute atomic E-state index is 12.1. The van der Waals surface area contributed by atoms with Crippen molar-refractivity contribution in [3.63, 3.8) is 0 Å². The first-order chi connectivity index (χ1) is 11.0. The predicted octanol–water partition coefficient (Wildman–Crippen LogP) is 0.480. The van der Waals surface area contributed by atoms with Gasteiger partial charge in [-0.3, -0.25) is 15.0 Å². The quantitative estimate of drug-likeness (QED) is 0.839. The van der Waals surface area contributed by atoms with Crippen molar-refractivity contribution in [2.75, 3.05) is 13.7 Å². The van der Waals surface area contributed by atoms with E-state index in [1.54, 1.807) is 6.92 Å². The summed E-state index contributed by atoms with van der Waals surface area (Å²) in [5, 5.41) is 2.23. The average Bonchev–Trinajstić information content (AvgIpc) is 2.52. The molecule has 1 aromatic rings. The number of benzene rings is 1. The van der Waals surface area contributed by atoms with Gasteiger partial charge in [-0.25, -0.2) is 9.59 Å². The number of hydrogen-bond donors (Lipinski definition) is 2. The summed E-state index contributed by atoms with van der Waals surface area (Å²) < 4.78 is 4.88. The fourth-order valence-corrected chi connectivity index (χ4v) is 2.41. The molecule has 0 aliphatic carbocycles. The molecule has 3 N–H and O–H groups in total. The van der Waals surface area contributed by atoms with E-state index in [-0.39, 0.29) is 13.2 Å². The zero-order valence-electron chi connectivity index (χ0n) is 13.1. The number of imide groups is 1. The van der Waals surface area contributed by atoms with Crippen LogP contribution in [0.15, 0.2) is 30.3 Å². The summed E-state index contributed by atoms with van der Waals surface area (Å²) in [6.07, 6.45) is -1.64. The molecule has 1 heterocycles. The number of ether oxygens (including phenoxy) is 1. The highest BCUT2D eigenvalue weighted by molar-refractivity contribution is 6.01. The molecule has 1 fully saturated rings. The molecule has 23 heavy (non-hydrogen) atoms. The standard InChI is InChI=1S/C15H20N4O4/c1-3-23-15(22)18(2)11-12(16)19(14(21)17-13(11)20)9-10-7-5-4-6-8-10/h4-8,11-12H,3,9,16H2,1-2H3,(H,17,20,21). The van der Waals surface area contributed by atoms with Crippen molar-refractivity contribution in [2.45, 2.75) is 25.7 Å². The van der Waals surface area contributed by atoms with Crippen LogP contribution in [0.2, 0.25) is 0 Å². The van der Waals surface area contributed by atoms with Crippen LogP contribution in [0.25, 0.3) is 0 Å². The summed E-state index contributed by atoms with van der Waals surface area (Å²) in [5.74, 6) is -0.623. The highest BCUT2D eigenvalue weighted by Crippen LogP contribution is 2.16. The molecule has 2 rings (SSSR count). The lowest BCUT2D eigenvalue weighted by Gasteiger charge is -2.41. The Kier molecular flexibility index (Phi) is 5.17. The lowest BCUT2D eigenvalue weighted by molar-refractivity contribution is -0.129. The van der Waals surface area contributed by atoms with Crippen LogP contribution in [0.5, 0.6) is 0 Å². The molecule has 4 amide bonds. The Bertz CT molecular complexity index is 592. The van der Waals surface area contributed by atoms with Crippen LogP contribution >= 0.6 is 0 Å². The lowest BCUT2D eigenvalue weighted by atomic mass is 10.1. The van der Waals surface area contributed by atoms with Crippen LogP contribution in [0.1, 0.15) is 12.5 Å². The summed E-state index contributed by atoms with van der Waals surface area (Å²) in [4.78, 5) is 38.4. The zero-order chi connectivity index (χ0) is 17.0. The number of nitrogens with two attached hydrogens (primary N) is 1. The molecule has 8 heteroatoms. The molecule has 8 nitrogen and oxygen atoms in total. The fraction of sp³-hybridized carbons (Fsp3) is 0.400. The Morgan fingerprint density at radius 3 is 2.61 bits per heavy atom. The molecular formula is C15H20N4O4. The number of carbonyl (C=O) groups is 3. The van der Waals surface area contributed by atoms with Gasteiger partial charge in [-0.05, 0) is 12.5 Å². The number of carbonyl (C=O) groups excluding carboxylic acids is 3. The van der Waals surface area contributed by atoms with Crippen LogP contribution in [0.3, 0.4) is 0 Å². The third-order valence-electron chi connectivity index (χ3n) is 3.61. The molecule has 0 radical (unpaired) electrons. The minimum Gasteiger partial charge on any atom is -0.450 e. The van der Waals surface area contributed by atoms with Crippen LogP contribution in [-0.2, 0) is 16.1 Å². The van der Waals surface area contributed by atoms with E-state index in [1.165, 1.54) is 11.9 Å². The largest absolute Gasteiger partial charge is 0.450 e. The van der Waals surface area contributed by atoms with E-state index in [9.17, 15) is 14.4 Å². The molecule has 0 aromatic heterocycles. The van der Waals surface area contributed by atoms with E-state index in [4.69, 9.17) is 10.5 Å². The maximum Gasteiger partial charge on any atom is 0.410 e. The Balaban J connectivity index is 2.19. The average molecular weight is 320 g/mol. The summed E-state index contributed by atoms with van der Waals surface area (Å²) in [5.41, 5.74) is 6.95. The monoisotopic (exact) mass is 320 g/mol. The minimum atomic E-state index is -1.02. The predicted molar refractivity (Wildman–Crippen MR) is 82.1 cm³/mol. The molecule has 1 aliphatic rings. The number of nitrogens with one attached hydrogen (secondary N) is 1. The molecule has 1 saturated heterocycles. The van der Waals surface area contributed by atoms with E-state index in [1.807, 2.05) is 30.3 Å². The molecular weight excluding hydrogens is 300 g/mol. The lowest BCUT2D eigenvalue weighted by Crippen LogP contribution is -2.70. The second-order valence-electron chi connectivity index (χ2n) is 5.15. The van der Waals surface area contributed by atoms with Crippen molar-refractivity contribution >= 4 is 18.0 Å². The highest BCUT2D eigenvalue weighted by atomic mass is 16.6. The van der Waals surface area contributed by atoms with Crippen molar-refractivity contribution in [1.29, 1.82) is 0 Å². The van der Waals surface area contributed by atoms with E-state index in [0.29, 0.717) is 0 Å². The molecule has 0 saturated carbocycles. The van der Waals surface area contributed by atoms with Gasteiger partial charge in [-0.2, -0.15) is 0 Å². The van der Waals surface area contributed by atoms with E-state index in [0.717, 1.165) is 10.5 Å². The fourth-order valence-electron chi connectivity index (χ4n) is 2.41. The van der Waals surface area contributed by atoms with Crippen molar-refractivity contribution in [2.24, 2.45) is 5.73 Å². The van der Waals surface area contributed by atoms with Crippen molar-refractivity contribution < 1.29 is 19.1 Å². The first kappa shape index (κ1) is 16.8. The number of likely N-dealkylation sites (N-methyl/N-ethyl adjacent to an activating group) is 1. The molecule has 1 aliphatic heterocycles. The van der Waals surface area contributed by atoms with Gasteiger partial charge in [0.1, 0.15) is 12.2 Å². The van der Waals surface area contributed by atoms with Gasteiger partial charge in [0, 0.05) is 13.6 Å². The second-order valence-corrected chi connectivity index (χ2v) is 5.15.